The second-order valence-corrected chi connectivity index (χ2v) is 6.97. The molecule has 0 aliphatic carbocycles. The Hall–Kier alpha value is -0.300. The quantitative estimate of drug-likeness (QED) is 0.290. The topological polar surface area (TPSA) is 26.0 Å². The summed E-state index contributed by atoms with van der Waals surface area (Å²) in [7, 11) is 0. The molecule has 0 aromatic heterocycles. The smallest absolute Gasteiger partial charge is 0.00970 e. The molecule has 0 saturated heterocycles. The molecule has 0 amide bonds. The first-order chi connectivity index (χ1) is 9.56. The molecule has 1 heteroatoms. The molecule has 0 saturated carbocycles. The fourth-order valence-corrected chi connectivity index (χ4v) is 2.46. The van der Waals surface area contributed by atoms with Crippen LogP contribution in [-0.4, -0.2) is 5.54 Å². The van der Waals surface area contributed by atoms with Crippen molar-refractivity contribution >= 4 is 0 Å². The molecule has 1 nitrogen and oxygen atoms in total. The van der Waals surface area contributed by atoms with Gasteiger partial charge < -0.3 is 5.73 Å². The van der Waals surface area contributed by atoms with Crippen LogP contribution in [0, 0.1) is 0 Å². The lowest BCUT2D eigenvalue weighted by atomic mass is 9.97. The van der Waals surface area contributed by atoms with Crippen LogP contribution in [0.5, 0.6) is 0 Å². The molecular formula is C19H39N. The molecule has 0 heterocycles. The lowest BCUT2D eigenvalue weighted by Crippen LogP contribution is -2.31. The molecule has 0 fully saturated rings. The van der Waals surface area contributed by atoms with Crippen LogP contribution in [0.2, 0.25) is 0 Å². The van der Waals surface area contributed by atoms with Gasteiger partial charge in [-0.3, -0.25) is 0 Å². The van der Waals surface area contributed by atoms with Gasteiger partial charge in [0.1, 0.15) is 0 Å². The molecule has 20 heavy (non-hydrogen) atoms. The molecule has 0 aromatic carbocycles. The first-order valence-corrected chi connectivity index (χ1v) is 9.00. The lowest BCUT2D eigenvalue weighted by Gasteiger charge is -2.17. The lowest BCUT2D eigenvalue weighted by molar-refractivity contribution is 0.440. The van der Waals surface area contributed by atoms with Gasteiger partial charge in [-0.05, 0) is 39.5 Å². The zero-order valence-electron chi connectivity index (χ0n) is 14.4. The SMILES string of the molecule is CCCC/C=C/CCCCCCCCCCC(C)(C)N. The predicted octanol–water partition coefficient (Wildman–Crippen LogP) is 6.37. The number of allylic oxidation sites excluding steroid dienone is 2. The summed E-state index contributed by atoms with van der Waals surface area (Å²) in [4.78, 5) is 0. The Bertz CT molecular complexity index is 212. The van der Waals surface area contributed by atoms with Crippen LogP contribution in [0.1, 0.15) is 104 Å². The molecular weight excluding hydrogens is 242 g/mol. The highest BCUT2D eigenvalue weighted by atomic mass is 14.7. The summed E-state index contributed by atoms with van der Waals surface area (Å²) in [6.45, 7) is 6.51. The Labute approximate surface area is 128 Å². The highest BCUT2D eigenvalue weighted by Gasteiger charge is 2.08. The van der Waals surface area contributed by atoms with Crippen molar-refractivity contribution in [1.82, 2.24) is 0 Å². The summed E-state index contributed by atoms with van der Waals surface area (Å²) in [5, 5.41) is 0. The predicted molar refractivity (Wildman–Crippen MR) is 93.1 cm³/mol. The highest BCUT2D eigenvalue weighted by Crippen LogP contribution is 2.14. The van der Waals surface area contributed by atoms with Crippen LogP contribution in [0.4, 0.5) is 0 Å². The van der Waals surface area contributed by atoms with Crippen molar-refractivity contribution in [3.05, 3.63) is 12.2 Å². The first-order valence-electron chi connectivity index (χ1n) is 9.00. The zero-order valence-corrected chi connectivity index (χ0v) is 14.4. The molecule has 0 spiro atoms. The molecule has 0 aliphatic heterocycles. The third kappa shape index (κ3) is 17.7. The Kier molecular flexibility index (Phi) is 13.5. The maximum absolute atomic E-state index is 5.98. The standard InChI is InChI=1S/C19H39N/c1-4-5-6-7-8-9-10-11-12-13-14-15-16-17-18-19(2,3)20/h7-8H,4-6,9-18,20H2,1-3H3/b8-7+. The Balaban J connectivity index is 3.08. The summed E-state index contributed by atoms with van der Waals surface area (Å²) in [6, 6.07) is 0. The second-order valence-electron chi connectivity index (χ2n) is 6.97. The molecule has 120 valence electrons. The second kappa shape index (κ2) is 13.7. The Morgan fingerprint density at radius 3 is 1.65 bits per heavy atom. The van der Waals surface area contributed by atoms with Gasteiger partial charge in [0.2, 0.25) is 0 Å². The first kappa shape index (κ1) is 19.7. The third-order valence-electron chi connectivity index (χ3n) is 3.83. The summed E-state index contributed by atoms with van der Waals surface area (Å²) >= 11 is 0. The minimum atomic E-state index is 0.0324. The van der Waals surface area contributed by atoms with Gasteiger partial charge >= 0.3 is 0 Å². The summed E-state index contributed by atoms with van der Waals surface area (Å²) < 4.78 is 0. The van der Waals surface area contributed by atoms with E-state index in [2.05, 4.69) is 32.9 Å². The number of unbranched alkanes of at least 4 members (excludes halogenated alkanes) is 10. The largest absolute Gasteiger partial charge is 0.326 e. The summed E-state index contributed by atoms with van der Waals surface area (Å²) in [6.07, 6.45) is 22.2. The van der Waals surface area contributed by atoms with E-state index in [9.17, 15) is 0 Å². The van der Waals surface area contributed by atoms with Gasteiger partial charge in [-0.25, -0.2) is 0 Å². The molecule has 0 rings (SSSR count). The van der Waals surface area contributed by atoms with Crippen molar-refractivity contribution in [2.75, 3.05) is 0 Å². The Morgan fingerprint density at radius 2 is 1.15 bits per heavy atom. The average molecular weight is 282 g/mol. The van der Waals surface area contributed by atoms with Gasteiger partial charge in [0, 0.05) is 5.54 Å². The minimum Gasteiger partial charge on any atom is -0.326 e. The van der Waals surface area contributed by atoms with E-state index >= 15 is 0 Å². The number of rotatable bonds is 14. The number of nitrogens with two attached hydrogens (primary N) is 1. The molecule has 0 aromatic rings. The van der Waals surface area contributed by atoms with Crippen LogP contribution in [0.25, 0.3) is 0 Å². The Morgan fingerprint density at radius 1 is 0.700 bits per heavy atom. The van der Waals surface area contributed by atoms with Crippen molar-refractivity contribution < 1.29 is 0 Å². The van der Waals surface area contributed by atoms with Gasteiger partial charge in [0.25, 0.3) is 0 Å². The average Bonchev–Trinajstić information content (AvgIpc) is 2.38. The number of hydrogen-bond donors (Lipinski definition) is 1. The molecule has 0 radical (unpaired) electrons. The highest BCUT2D eigenvalue weighted by molar-refractivity contribution is 4.81. The van der Waals surface area contributed by atoms with Crippen molar-refractivity contribution in [1.29, 1.82) is 0 Å². The summed E-state index contributed by atoms with van der Waals surface area (Å²) in [5.41, 5.74) is 6.01. The molecule has 2 N–H and O–H groups in total. The fraction of sp³-hybridized carbons (Fsp3) is 0.895. The van der Waals surface area contributed by atoms with Gasteiger partial charge in [-0.15, -0.1) is 0 Å². The van der Waals surface area contributed by atoms with Crippen molar-refractivity contribution in [2.45, 2.75) is 110 Å². The van der Waals surface area contributed by atoms with E-state index in [1.807, 2.05) is 0 Å². The maximum atomic E-state index is 5.98. The van der Waals surface area contributed by atoms with E-state index in [4.69, 9.17) is 5.73 Å². The van der Waals surface area contributed by atoms with Crippen LogP contribution in [-0.2, 0) is 0 Å². The zero-order chi connectivity index (χ0) is 15.1. The van der Waals surface area contributed by atoms with Gasteiger partial charge in [0.15, 0.2) is 0 Å². The van der Waals surface area contributed by atoms with E-state index in [1.54, 1.807) is 0 Å². The van der Waals surface area contributed by atoms with Crippen LogP contribution >= 0.6 is 0 Å². The van der Waals surface area contributed by atoms with Crippen LogP contribution in [0.3, 0.4) is 0 Å². The van der Waals surface area contributed by atoms with Crippen LogP contribution < -0.4 is 5.73 Å². The third-order valence-corrected chi connectivity index (χ3v) is 3.83. The van der Waals surface area contributed by atoms with E-state index < -0.39 is 0 Å². The molecule has 0 bridgehead atoms. The van der Waals surface area contributed by atoms with Gasteiger partial charge in [-0.2, -0.15) is 0 Å². The van der Waals surface area contributed by atoms with Gasteiger partial charge in [-0.1, -0.05) is 76.9 Å². The minimum absolute atomic E-state index is 0.0324. The normalized spacial score (nSPS) is 12.4. The van der Waals surface area contributed by atoms with Crippen LogP contribution in [0.15, 0.2) is 12.2 Å². The van der Waals surface area contributed by atoms with E-state index in [0.29, 0.717) is 0 Å². The van der Waals surface area contributed by atoms with Crippen molar-refractivity contribution in [2.24, 2.45) is 5.73 Å². The van der Waals surface area contributed by atoms with Crippen molar-refractivity contribution in [3.8, 4) is 0 Å². The molecule has 0 aliphatic rings. The fourth-order valence-electron chi connectivity index (χ4n) is 2.46. The molecule has 0 unspecified atom stereocenters. The van der Waals surface area contributed by atoms with Crippen molar-refractivity contribution in [3.63, 3.8) is 0 Å². The monoisotopic (exact) mass is 281 g/mol. The van der Waals surface area contributed by atoms with Gasteiger partial charge in [0.05, 0.1) is 0 Å². The summed E-state index contributed by atoms with van der Waals surface area (Å²) in [5.74, 6) is 0. The molecule has 0 atom stereocenters. The van der Waals surface area contributed by atoms with E-state index in [0.717, 1.165) is 6.42 Å². The van der Waals surface area contributed by atoms with E-state index in [-0.39, 0.29) is 5.54 Å². The number of hydrogen-bond acceptors (Lipinski definition) is 1. The van der Waals surface area contributed by atoms with E-state index in [1.165, 1.54) is 77.0 Å². The maximum Gasteiger partial charge on any atom is 0.00970 e.